The summed E-state index contributed by atoms with van der Waals surface area (Å²) in [7, 11) is 0. The van der Waals surface area contributed by atoms with Crippen LogP contribution in [0, 0.1) is 0 Å². The van der Waals surface area contributed by atoms with Crippen LogP contribution in [0.15, 0.2) is 60.7 Å². The van der Waals surface area contributed by atoms with E-state index in [1.165, 1.54) is 23.8 Å². The van der Waals surface area contributed by atoms with Crippen molar-refractivity contribution in [1.29, 1.82) is 0 Å². The molecule has 0 fully saturated rings. The van der Waals surface area contributed by atoms with Gasteiger partial charge >= 0.3 is 5.97 Å². The van der Waals surface area contributed by atoms with E-state index in [-0.39, 0.29) is 30.0 Å². The van der Waals surface area contributed by atoms with Crippen LogP contribution in [0.25, 0.3) is 0 Å². The number of nitrogens with zero attached hydrogens (tertiary/aromatic N) is 1. The number of fused-ring (bicyclic) bond motifs is 2. The van der Waals surface area contributed by atoms with Crippen molar-refractivity contribution in [3.63, 3.8) is 0 Å². The molecule has 0 aliphatic carbocycles. The molecule has 3 aromatic carbocycles. The number of amides is 3. The summed E-state index contributed by atoms with van der Waals surface area (Å²) in [6, 6.07) is 16.9. The molecule has 0 aromatic heterocycles. The normalized spacial score (nSPS) is 13.4. The quantitative estimate of drug-likeness (QED) is 0.334. The summed E-state index contributed by atoms with van der Waals surface area (Å²) in [4.78, 5) is 51.8. The molecule has 2 heterocycles. The SMILES string of the molecule is CCCCc1ccc(NC(=O)COC(=O)c2ccc3c(c2)C(=O)N(Cc2ccc4c(c2)OCO4)C3=O)cc1. The largest absolute Gasteiger partial charge is 0.454 e. The first-order valence-electron chi connectivity index (χ1n) is 12.4. The number of carbonyl (C=O) groups excluding carboxylic acids is 4. The topological polar surface area (TPSA) is 111 Å². The van der Waals surface area contributed by atoms with Crippen LogP contribution in [-0.2, 0) is 22.5 Å². The fraction of sp³-hybridized carbons (Fsp3) is 0.241. The van der Waals surface area contributed by atoms with Crippen molar-refractivity contribution in [2.45, 2.75) is 32.7 Å². The van der Waals surface area contributed by atoms with Crippen molar-refractivity contribution in [3.05, 3.63) is 88.5 Å². The molecule has 5 rings (SSSR count). The number of hydrogen-bond donors (Lipinski definition) is 1. The Morgan fingerprint density at radius 1 is 0.895 bits per heavy atom. The first-order valence-corrected chi connectivity index (χ1v) is 12.4. The van der Waals surface area contributed by atoms with E-state index in [0.717, 1.165) is 24.2 Å². The molecule has 1 N–H and O–H groups in total. The maximum atomic E-state index is 13.0. The van der Waals surface area contributed by atoms with Gasteiger partial charge in [-0.05, 0) is 66.4 Å². The van der Waals surface area contributed by atoms with E-state index in [1.54, 1.807) is 18.2 Å². The number of rotatable bonds is 9. The van der Waals surface area contributed by atoms with Crippen LogP contribution < -0.4 is 14.8 Å². The molecular formula is C29H26N2O7. The number of hydrogen-bond acceptors (Lipinski definition) is 7. The Hall–Kier alpha value is -4.66. The second-order valence-corrected chi connectivity index (χ2v) is 9.07. The Balaban J connectivity index is 1.18. The second-order valence-electron chi connectivity index (χ2n) is 9.07. The average molecular weight is 515 g/mol. The lowest BCUT2D eigenvalue weighted by molar-refractivity contribution is -0.119. The molecule has 0 spiro atoms. The zero-order valence-corrected chi connectivity index (χ0v) is 20.8. The predicted molar refractivity (Wildman–Crippen MR) is 137 cm³/mol. The van der Waals surface area contributed by atoms with Crippen LogP contribution in [0.1, 0.15) is 62.0 Å². The van der Waals surface area contributed by atoms with Crippen LogP contribution >= 0.6 is 0 Å². The summed E-state index contributed by atoms with van der Waals surface area (Å²) in [6.07, 6.45) is 3.19. The third kappa shape index (κ3) is 5.22. The van der Waals surface area contributed by atoms with Crippen molar-refractivity contribution < 1.29 is 33.4 Å². The molecule has 194 valence electrons. The van der Waals surface area contributed by atoms with Gasteiger partial charge in [0.15, 0.2) is 18.1 Å². The van der Waals surface area contributed by atoms with Gasteiger partial charge in [0, 0.05) is 5.69 Å². The number of carbonyl (C=O) groups is 4. The van der Waals surface area contributed by atoms with Crippen molar-refractivity contribution in [2.75, 3.05) is 18.7 Å². The molecule has 0 unspecified atom stereocenters. The number of nitrogens with one attached hydrogen (secondary N) is 1. The van der Waals surface area contributed by atoms with Gasteiger partial charge in [-0.1, -0.05) is 31.5 Å². The van der Waals surface area contributed by atoms with Crippen molar-refractivity contribution in [3.8, 4) is 11.5 Å². The third-order valence-electron chi connectivity index (χ3n) is 6.38. The lowest BCUT2D eigenvalue weighted by atomic mass is 10.1. The van der Waals surface area contributed by atoms with E-state index in [4.69, 9.17) is 14.2 Å². The number of anilines is 1. The fourth-order valence-corrected chi connectivity index (χ4v) is 4.33. The molecule has 9 nitrogen and oxygen atoms in total. The number of imide groups is 1. The molecule has 3 aromatic rings. The Labute approximate surface area is 219 Å². The minimum atomic E-state index is -0.771. The van der Waals surface area contributed by atoms with Gasteiger partial charge in [0.1, 0.15) is 0 Å². The maximum absolute atomic E-state index is 13.0. The summed E-state index contributed by atoms with van der Waals surface area (Å²) in [6.45, 7) is 1.81. The Kier molecular flexibility index (Phi) is 7.08. The zero-order valence-electron chi connectivity index (χ0n) is 20.8. The molecule has 2 aliphatic rings. The molecule has 0 saturated heterocycles. The van der Waals surface area contributed by atoms with Gasteiger partial charge in [-0.25, -0.2) is 4.79 Å². The lowest BCUT2D eigenvalue weighted by Gasteiger charge is -2.14. The van der Waals surface area contributed by atoms with Crippen molar-refractivity contribution in [2.24, 2.45) is 0 Å². The van der Waals surface area contributed by atoms with E-state index in [9.17, 15) is 19.2 Å². The first-order chi connectivity index (χ1) is 18.4. The van der Waals surface area contributed by atoms with E-state index in [2.05, 4.69) is 12.2 Å². The van der Waals surface area contributed by atoms with Crippen LogP contribution in [0.4, 0.5) is 5.69 Å². The molecule has 2 aliphatic heterocycles. The molecule has 0 atom stereocenters. The van der Waals surface area contributed by atoms with Crippen molar-refractivity contribution in [1.82, 2.24) is 4.90 Å². The third-order valence-corrected chi connectivity index (χ3v) is 6.38. The zero-order chi connectivity index (χ0) is 26.6. The monoisotopic (exact) mass is 514 g/mol. The fourth-order valence-electron chi connectivity index (χ4n) is 4.33. The number of benzene rings is 3. The minimum absolute atomic E-state index is 0.0442. The summed E-state index contributed by atoms with van der Waals surface area (Å²) in [5.41, 5.74) is 2.88. The van der Waals surface area contributed by atoms with E-state index < -0.39 is 30.3 Å². The molecule has 38 heavy (non-hydrogen) atoms. The predicted octanol–water partition coefficient (Wildman–Crippen LogP) is 4.35. The number of aryl methyl sites for hydroxylation is 1. The number of unbranched alkanes of at least 4 members (excludes halogenated alkanes) is 1. The standard InChI is InChI=1S/C29H26N2O7/c1-2-3-4-18-5-9-21(10-6-18)30-26(32)16-36-29(35)20-8-11-22-23(14-20)28(34)31(27(22)33)15-19-7-12-24-25(13-19)38-17-37-24/h5-14H,2-4,15-17H2,1H3,(H,30,32). The smallest absolute Gasteiger partial charge is 0.338 e. The van der Waals surface area contributed by atoms with Crippen LogP contribution in [0.3, 0.4) is 0 Å². The molecule has 0 saturated carbocycles. The number of esters is 1. The maximum Gasteiger partial charge on any atom is 0.338 e. The van der Waals surface area contributed by atoms with Crippen molar-refractivity contribution >= 4 is 29.4 Å². The van der Waals surface area contributed by atoms with Crippen LogP contribution in [0.5, 0.6) is 11.5 Å². The van der Waals surface area contributed by atoms with E-state index >= 15 is 0 Å². The highest BCUT2D eigenvalue weighted by Crippen LogP contribution is 2.34. The molecule has 0 radical (unpaired) electrons. The number of ether oxygens (including phenoxy) is 3. The van der Waals surface area contributed by atoms with Gasteiger partial charge in [-0.3, -0.25) is 19.3 Å². The van der Waals surface area contributed by atoms with Crippen LogP contribution in [0.2, 0.25) is 0 Å². The summed E-state index contributed by atoms with van der Waals surface area (Å²) in [5.74, 6) is -1.07. The van der Waals surface area contributed by atoms with E-state index in [0.29, 0.717) is 22.7 Å². The highest BCUT2D eigenvalue weighted by atomic mass is 16.7. The molecule has 9 heteroatoms. The summed E-state index contributed by atoms with van der Waals surface area (Å²) >= 11 is 0. The highest BCUT2D eigenvalue weighted by molar-refractivity contribution is 6.21. The van der Waals surface area contributed by atoms with Gasteiger partial charge in [-0.2, -0.15) is 0 Å². The van der Waals surface area contributed by atoms with Gasteiger partial charge in [0.25, 0.3) is 17.7 Å². The summed E-state index contributed by atoms with van der Waals surface area (Å²) in [5, 5.41) is 2.69. The molecule has 0 bridgehead atoms. The van der Waals surface area contributed by atoms with E-state index in [1.807, 2.05) is 24.3 Å². The average Bonchev–Trinajstić information content (AvgIpc) is 3.49. The first kappa shape index (κ1) is 25.0. The van der Waals surface area contributed by atoms with Gasteiger partial charge in [-0.15, -0.1) is 0 Å². The van der Waals surface area contributed by atoms with Gasteiger partial charge in [0.2, 0.25) is 6.79 Å². The Bertz CT molecular complexity index is 1410. The minimum Gasteiger partial charge on any atom is -0.454 e. The van der Waals surface area contributed by atoms with Gasteiger partial charge < -0.3 is 19.5 Å². The van der Waals surface area contributed by atoms with Gasteiger partial charge in [0.05, 0.1) is 23.2 Å². The second kappa shape index (κ2) is 10.8. The lowest BCUT2D eigenvalue weighted by Crippen LogP contribution is -2.29. The Morgan fingerprint density at radius 3 is 2.42 bits per heavy atom. The summed E-state index contributed by atoms with van der Waals surface area (Å²) < 4.78 is 15.8. The Morgan fingerprint density at radius 2 is 1.63 bits per heavy atom. The van der Waals surface area contributed by atoms with Crippen LogP contribution in [-0.4, -0.2) is 42.0 Å². The highest BCUT2D eigenvalue weighted by Gasteiger charge is 2.36. The molecule has 3 amide bonds. The molecular weight excluding hydrogens is 488 g/mol.